The van der Waals surface area contributed by atoms with Gasteiger partial charge in [0.05, 0.1) is 5.75 Å². The van der Waals surface area contributed by atoms with Crippen molar-refractivity contribution in [1.29, 1.82) is 0 Å². The molecule has 0 saturated heterocycles. The van der Waals surface area contributed by atoms with Crippen molar-refractivity contribution in [2.24, 2.45) is 0 Å². The van der Waals surface area contributed by atoms with Crippen LogP contribution in [-0.2, 0) is 10.0 Å². The van der Waals surface area contributed by atoms with Gasteiger partial charge in [-0.3, -0.25) is 0 Å². The second-order valence-electron chi connectivity index (χ2n) is 5.42. The molecule has 0 spiro atoms. The Morgan fingerprint density at radius 1 is 1.04 bits per heavy atom. The standard InChI is InChI=1S/C18H24N2O2S/c1-3-23(21,22)20-14-7-6-13-19-15(2)17-12-8-10-16-9-4-5-11-18(16)17/h4-12,15,19-20H,3,13-14H2,1-2H3/b7-6+/t15-/m1/s1. The number of benzene rings is 2. The van der Waals surface area contributed by atoms with Crippen LogP contribution in [0.3, 0.4) is 0 Å². The van der Waals surface area contributed by atoms with Gasteiger partial charge in [-0.05, 0) is 30.2 Å². The molecule has 2 aromatic carbocycles. The van der Waals surface area contributed by atoms with Gasteiger partial charge in [-0.2, -0.15) is 0 Å². The van der Waals surface area contributed by atoms with Crippen molar-refractivity contribution in [3.63, 3.8) is 0 Å². The van der Waals surface area contributed by atoms with Gasteiger partial charge >= 0.3 is 0 Å². The Kier molecular flexibility index (Phi) is 6.33. The Balaban J connectivity index is 1.88. The summed E-state index contributed by atoms with van der Waals surface area (Å²) < 4.78 is 25.1. The van der Waals surface area contributed by atoms with Crippen molar-refractivity contribution < 1.29 is 8.42 Å². The molecule has 0 bridgehead atoms. The topological polar surface area (TPSA) is 58.2 Å². The average Bonchev–Trinajstić information content (AvgIpc) is 2.57. The first-order chi connectivity index (χ1) is 11.0. The lowest BCUT2D eigenvalue weighted by Gasteiger charge is -2.15. The fourth-order valence-electron chi connectivity index (χ4n) is 2.43. The predicted molar refractivity (Wildman–Crippen MR) is 97.0 cm³/mol. The zero-order valence-corrected chi connectivity index (χ0v) is 14.4. The summed E-state index contributed by atoms with van der Waals surface area (Å²) >= 11 is 0. The second-order valence-corrected chi connectivity index (χ2v) is 7.52. The molecule has 0 heterocycles. The van der Waals surface area contributed by atoms with Crippen LogP contribution in [0.1, 0.15) is 25.5 Å². The van der Waals surface area contributed by atoms with Crippen LogP contribution in [0.5, 0.6) is 0 Å². The monoisotopic (exact) mass is 332 g/mol. The molecule has 4 nitrogen and oxygen atoms in total. The third kappa shape index (κ3) is 5.16. The molecule has 0 unspecified atom stereocenters. The van der Waals surface area contributed by atoms with Crippen LogP contribution in [0, 0.1) is 0 Å². The lowest BCUT2D eigenvalue weighted by Crippen LogP contribution is -2.25. The highest BCUT2D eigenvalue weighted by Crippen LogP contribution is 2.23. The Bertz CT molecular complexity index is 764. The Morgan fingerprint density at radius 2 is 1.74 bits per heavy atom. The summed E-state index contributed by atoms with van der Waals surface area (Å²) in [4.78, 5) is 0. The van der Waals surface area contributed by atoms with E-state index in [0.717, 1.165) is 0 Å². The summed E-state index contributed by atoms with van der Waals surface area (Å²) in [7, 11) is -3.11. The van der Waals surface area contributed by atoms with Gasteiger partial charge in [0.1, 0.15) is 0 Å². The second kappa shape index (κ2) is 8.24. The Hall–Kier alpha value is -1.69. The van der Waals surface area contributed by atoms with Crippen LogP contribution in [-0.4, -0.2) is 27.3 Å². The fourth-order valence-corrected chi connectivity index (χ4v) is 2.98. The SMILES string of the molecule is CCS(=O)(=O)NC/C=C/CN[C@H](C)c1cccc2ccccc12. The van der Waals surface area contributed by atoms with E-state index >= 15 is 0 Å². The van der Waals surface area contributed by atoms with Crippen LogP contribution in [0.25, 0.3) is 10.8 Å². The van der Waals surface area contributed by atoms with Crippen molar-refractivity contribution >= 4 is 20.8 Å². The molecule has 2 aromatic rings. The van der Waals surface area contributed by atoms with E-state index < -0.39 is 10.0 Å². The van der Waals surface area contributed by atoms with Gasteiger partial charge in [0.15, 0.2) is 0 Å². The van der Waals surface area contributed by atoms with Crippen LogP contribution in [0.15, 0.2) is 54.6 Å². The molecule has 124 valence electrons. The summed E-state index contributed by atoms with van der Waals surface area (Å²) in [5, 5.41) is 5.94. The molecular weight excluding hydrogens is 308 g/mol. The third-order valence-corrected chi connectivity index (χ3v) is 5.17. The van der Waals surface area contributed by atoms with Crippen molar-refractivity contribution in [2.45, 2.75) is 19.9 Å². The van der Waals surface area contributed by atoms with Gasteiger partial charge in [-0.15, -0.1) is 0 Å². The Labute approximate surface area is 138 Å². The van der Waals surface area contributed by atoms with E-state index in [-0.39, 0.29) is 11.8 Å². The fraction of sp³-hybridized carbons (Fsp3) is 0.333. The average molecular weight is 332 g/mol. The van der Waals surface area contributed by atoms with Crippen LogP contribution in [0.4, 0.5) is 0 Å². The minimum atomic E-state index is -3.11. The molecule has 0 radical (unpaired) electrons. The van der Waals surface area contributed by atoms with Crippen LogP contribution < -0.4 is 10.0 Å². The molecule has 0 amide bonds. The molecule has 0 aromatic heterocycles. The minimum absolute atomic E-state index is 0.108. The van der Waals surface area contributed by atoms with E-state index in [2.05, 4.69) is 53.4 Å². The molecule has 23 heavy (non-hydrogen) atoms. The first-order valence-electron chi connectivity index (χ1n) is 7.87. The Morgan fingerprint density at radius 3 is 2.52 bits per heavy atom. The number of nitrogens with one attached hydrogen (secondary N) is 2. The van der Waals surface area contributed by atoms with Crippen molar-refractivity contribution in [3.05, 3.63) is 60.2 Å². The number of rotatable bonds is 8. The highest BCUT2D eigenvalue weighted by Gasteiger charge is 2.07. The van der Waals surface area contributed by atoms with Crippen LogP contribution >= 0.6 is 0 Å². The lowest BCUT2D eigenvalue weighted by atomic mass is 10.00. The zero-order chi connectivity index (χ0) is 16.7. The molecule has 0 aliphatic rings. The number of hydrogen-bond acceptors (Lipinski definition) is 3. The van der Waals surface area contributed by atoms with E-state index in [1.807, 2.05) is 18.2 Å². The van der Waals surface area contributed by atoms with Gasteiger partial charge in [0.2, 0.25) is 10.0 Å². The predicted octanol–water partition coefficient (Wildman–Crippen LogP) is 2.99. The molecule has 0 saturated carbocycles. The van der Waals surface area contributed by atoms with Crippen molar-refractivity contribution in [3.8, 4) is 0 Å². The molecule has 0 aliphatic carbocycles. The van der Waals surface area contributed by atoms with Gasteiger partial charge < -0.3 is 5.32 Å². The molecule has 0 fully saturated rings. The minimum Gasteiger partial charge on any atom is -0.307 e. The maximum atomic E-state index is 11.3. The van der Waals surface area contributed by atoms with E-state index in [0.29, 0.717) is 13.1 Å². The first-order valence-corrected chi connectivity index (χ1v) is 9.52. The van der Waals surface area contributed by atoms with E-state index in [4.69, 9.17) is 0 Å². The summed E-state index contributed by atoms with van der Waals surface area (Å²) in [6.45, 7) is 4.79. The summed E-state index contributed by atoms with van der Waals surface area (Å²) in [6.07, 6.45) is 3.77. The van der Waals surface area contributed by atoms with Gasteiger partial charge in [-0.1, -0.05) is 54.6 Å². The van der Waals surface area contributed by atoms with Crippen LogP contribution in [0.2, 0.25) is 0 Å². The number of fused-ring (bicyclic) bond motifs is 1. The van der Waals surface area contributed by atoms with Gasteiger partial charge in [0.25, 0.3) is 0 Å². The van der Waals surface area contributed by atoms with Gasteiger partial charge in [-0.25, -0.2) is 13.1 Å². The maximum Gasteiger partial charge on any atom is 0.211 e. The smallest absolute Gasteiger partial charge is 0.211 e. The molecule has 1 atom stereocenters. The normalized spacial score (nSPS) is 13.7. The van der Waals surface area contributed by atoms with Crippen molar-refractivity contribution in [2.75, 3.05) is 18.8 Å². The largest absolute Gasteiger partial charge is 0.307 e. The zero-order valence-electron chi connectivity index (χ0n) is 13.6. The van der Waals surface area contributed by atoms with E-state index in [1.165, 1.54) is 16.3 Å². The third-order valence-electron chi connectivity index (χ3n) is 3.80. The number of hydrogen-bond donors (Lipinski definition) is 2. The molecule has 2 N–H and O–H groups in total. The molecule has 2 rings (SSSR count). The molecular formula is C18H24N2O2S. The molecule has 5 heteroatoms. The summed E-state index contributed by atoms with van der Waals surface area (Å²) in [6, 6.07) is 14.9. The van der Waals surface area contributed by atoms with E-state index in [1.54, 1.807) is 6.92 Å². The first kappa shape index (κ1) is 17.7. The lowest BCUT2D eigenvalue weighted by molar-refractivity contribution is 0.586. The quantitative estimate of drug-likeness (QED) is 0.731. The van der Waals surface area contributed by atoms with Crippen molar-refractivity contribution in [1.82, 2.24) is 10.0 Å². The van der Waals surface area contributed by atoms with E-state index in [9.17, 15) is 8.42 Å². The number of sulfonamides is 1. The van der Waals surface area contributed by atoms with Gasteiger partial charge in [0, 0.05) is 19.1 Å². The maximum absolute atomic E-state index is 11.3. The highest BCUT2D eigenvalue weighted by molar-refractivity contribution is 7.89. The summed E-state index contributed by atoms with van der Waals surface area (Å²) in [5.41, 5.74) is 1.27. The summed E-state index contributed by atoms with van der Waals surface area (Å²) in [5.74, 6) is 0.108. The highest BCUT2D eigenvalue weighted by atomic mass is 32.2. The molecule has 0 aliphatic heterocycles.